The number of allylic oxidation sites excluding steroid dienone is 2. The third-order valence-electron chi connectivity index (χ3n) is 1.13. The van der Waals surface area contributed by atoms with E-state index in [4.69, 9.17) is 0 Å². The Morgan fingerprint density at radius 2 is 2.00 bits per heavy atom. The fourth-order valence-corrected chi connectivity index (χ4v) is 0.542. The zero-order valence-corrected chi connectivity index (χ0v) is 6.89. The summed E-state index contributed by atoms with van der Waals surface area (Å²) in [6.45, 7) is 2.07. The van der Waals surface area contributed by atoms with Gasteiger partial charge in [0.1, 0.15) is 0 Å². The highest BCUT2D eigenvalue weighted by molar-refractivity contribution is 5.97. The Morgan fingerprint density at radius 1 is 1.36 bits per heavy atom. The standard InChI is InChI=1S/C8H13NO2/c1-7(10)3-4-8(11)5-6-9-2/h3-4,9H,5-6H2,1-2H3/b4-3+. The van der Waals surface area contributed by atoms with Crippen molar-refractivity contribution in [3.63, 3.8) is 0 Å². The third-order valence-corrected chi connectivity index (χ3v) is 1.13. The van der Waals surface area contributed by atoms with E-state index < -0.39 is 0 Å². The summed E-state index contributed by atoms with van der Waals surface area (Å²) in [5.74, 6) is -0.114. The molecule has 0 fully saturated rings. The highest BCUT2D eigenvalue weighted by atomic mass is 16.1. The maximum atomic E-state index is 10.8. The Kier molecular flexibility index (Phi) is 5.29. The van der Waals surface area contributed by atoms with Gasteiger partial charge in [-0.2, -0.15) is 0 Å². The van der Waals surface area contributed by atoms with Crippen LogP contribution in [0.25, 0.3) is 0 Å². The van der Waals surface area contributed by atoms with E-state index in [0.29, 0.717) is 13.0 Å². The minimum atomic E-state index is -0.0946. The van der Waals surface area contributed by atoms with Crippen LogP contribution in [0.1, 0.15) is 13.3 Å². The minimum Gasteiger partial charge on any atom is -0.319 e. The van der Waals surface area contributed by atoms with Crippen molar-refractivity contribution < 1.29 is 9.59 Å². The molecular weight excluding hydrogens is 142 g/mol. The molecule has 3 heteroatoms. The molecule has 0 bridgehead atoms. The van der Waals surface area contributed by atoms with Crippen LogP contribution >= 0.6 is 0 Å². The quantitative estimate of drug-likeness (QED) is 0.581. The fraction of sp³-hybridized carbons (Fsp3) is 0.500. The summed E-state index contributed by atoms with van der Waals surface area (Å²) < 4.78 is 0. The van der Waals surface area contributed by atoms with Gasteiger partial charge in [-0.05, 0) is 26.1 Å². The molecule has 0 saturated heterocycles. The van der Waals surface area contributed by atoms with E-state index in [2.05, 4.69) is 5.32 Å². The molecular formula is C8H13NO2. The molecule has 1 N–H and O–H groups in total. The summed E-state index contributed by atoms with van der Waals surface area (Å²) in [6, 6.07) is 0. The van der Waals surface area contributed by atoms with Gasteiger partial charge in [0, 0.05) is 13.0 Å². The summed E-state index contributed by atoms with van der Waals surface area (Å²) in [5, 5.41) is 2.85. The average Bonchev–Trinajstić information content (AvgIpc) is 1.97. The van der Waals surface area contributed by atoms with Gasteiger partial charge >= 0.3 is 0 Å². The maximum Gasteiger partial charge on any atom is 0.157 e. The lowest BCUT2D eigenvalue weighted by Gasteiger charge is -1.92. The number of carbonyl (C=O) groups excluding carboxylic acids is 2. The van der Waals surface area contributed by atoms with Crippen LogP contribution in [-0.2, 0) is 9.59 Å². The number of hydrogen-bond acceptors (Lipinski definition) is 3. The molecule has 0 aromatic rings. The molecule has 0 unspecified atom stereocenters. The van der Waals surface area contributed by atoms with E-state index in [1.807, 2.05) is 0 Å². The first-order valence-electron chi connectivity index (χ1n) is 3.53. The molecule has 0 aliphatic heterocycles. The van der Waals surface area contributed by atoms with E-state index in [-0.39, 0.29) is 11.6 Å². The van der Waals surface area contributed by atoms with Gasteiger partial charge in [-0.1, -0.05) is 0 Å². The van der Waals surface area contributed by atoms with Crippen molar-refractivity contribution in [2.24, 2.45) is 0 Å². The van der Waals surface area contributed by atoms with Crippen LogP contribution in [0.3, 0.4) is 0 Å². The third kappa shape index (κ3) is 6.93. The Morgan fingerprint density at radius 3 is 2.45 bits per heavy atom. The smallest absolute Gasteiger partial charge is 0.157 e. The lowest BCUT2D eigenvalue weighted by Crippen LogP contribution is -2.11. The van der Waals surface area contributed by atoms with Gasteiger partial charge in [0.15, 0.2) is 11.6 Å². The summed E-state index contributed by atoms with van der Waals surface area (Å²) in [4.78, 5) is 21.2. The molecule has 0 heterocycles. The van der Waals surface area contributed by atoms with Gasteiger partial charge < -0.3 is 5.32 Å². The zero-order valence-electron chi connectivity index (χ0n) is 6.89. The molecule has 3 nitrogen and oxygen atoms in total. The van der Waals surface area contributed by atoms with Crippen molar-refractivity contribution in [3.05, 3.63) is 12.2 Å². The normalized spacial score (nSPS) is 10.4. The molecule has 0 aliphatic rings. The lowest BCUT2D eigenvalue weighted by atomic mass is 10.2. The molecule has 0 radical (unpaired) electrons. The monoisotopic (exact) mass is 155 g/mol. The van der Waals surface area contributed by atoms with Crippen molar-refractivity contribution in [2.75, 3.05) is 13.6 Å². The number of nitrogens with one attached hydrogen (secondary N) is 1. The molecule has 0 saturated carbocycles. The molecule has 0 rings (SSSR count). The number of hydrogen-bond donors (Lipinski definition) is 1. The van der Waals surface area contributed by atoms with Crippen LogP contribution in [0.5, 0.6) is 0 Å². The van der Waals surface area contributed by atoms with Gasteiger partial charge in [0.2, 0.25) is 0 Å². The number of ketones is 2. The SMILES string of the molecule is CNCCC(=O)/C=C/C(C)=O. The van der Waals surface area contributed by atoms with Gasteiger partial charge in [0.25, 0.3) is 0 Å². The molecule has 0 aromatic heterocycles. The molecule has 0 aromatic carbocycles. The second-order valence-electron chi connectivity index (χ2n) is 2.26. The van der Waals surface area contributed by atoms with Crippen LogP contribution in [0.4, 0.5) is 0 Å². The first kappa shape index (κ1) is 10.0. The topological polar surface area (TPSA) is 46.2 Å². The second-order valence-corrected chi connectivity index (χ2v) is 2.26. The van der Waals surface area contributed by atoms with Crippen molar-refractivity contribution >= 4 is 11.6 Å². The largest absolute Gasteiger partial charge is 0.319 e. The predicted octanol–water partition coefficient (Wildman–Crippen LogP) is 0.310. The predicted molar refractivity (Wildman–Crippen MR) is 43.4 cm³/mol. The van der Waals surface area contributed by atoms with Gasteiger partial charge in [-0.15, -0.1) is 0 Å². The average molecular weight is 155 g/mol. The molecule has 0 spiro atoms. The Hall–Kier alpha value is -0.960. The number of rotatable bonds is 5. The second kappa shape index (κ2) is 5.80. The fourth-order valence-electron chi connectivity index (χ4n) is 0.542. The van der Waals surface area contributed by atoms with E-state index in [1.54, 1.807) is 7.05 Å². The van der Waals surface area contributed by atoms with Crippen molar-refractivity contribution in [3.8, 4) is 0 Å². The summed E-state index contributed by atoms with van der Waals surface area (Å²) in [6.07, 6.45) is 3.05. The van der Waals surface area contributed by atoms with Crippen LogP contribution in [0.15, 0.2) is 12.2 Å². The number of carbonyl (C=O) groups is 2. The first-order valence-corrected chi connectivity index (χ1v) is 3.53. The molecule has 11 heavy (non-hydrogen) atoms. The lowest BCUT2D eigenvalue weighted by molar-refractivity contribution is -0.116. The van der Waals surface area contributed by atoms with Crippen molar-refractivity contribution in [1.29, 1.82) is 0 Å². The van der Waals surface area contributed by atoms with Crippen LogP contribution in [0, 0.1) is 0 Å². The van der Waals surface area contributed by atoms with Crippen LogP contribution in [-0.4, -0.2) is 25.2 Å². The van der Waals surface area contributed by atoms with Crippen molar-refractivity contribution in [2.45, 2.75) is 13.3 Å². The van der Waals surface area contributed by atoms with Gasteiger partial charge in [-0.3, -0.25) is 9.59 Å². The molecule has 0 amide bonds. The van der Waals surface area contributed by atoms with E-state index in [1.165, 1.54) is 19.1 Å². The summed E-state index contributed by atoms with van der Waals surface area (Å²) >= 11 is 0. The Labute approximate surface area is 66.5 Å². The van der Waals surface area contributed by atoms with E-state index in [9.17, 15) is 9.59 Å². The Balaban J connectivity index is 3.60. The maximum absolute atomic E-state index is 10.8. The van der Waals surface area contributed by atoms with Gasteiger partial charge in [0.05, 0.1) is 0 Å². The Bertz CT molecular complexity index is 173. The van der Waals surface area contributed by atoms with Crippen molar-refractivity contribution in [1.82, 2.24) is 5.32 Å². The summed E-state index contributed by atoms with van der Waals surface area (Å²) in [5.41, 5.74) is 0. The highest BCUT2D eigenvalue weighted by Crippen LogP contribution is 1.84. The zero-order chi connectivity index (χ0) is 8.69. The van der Waals surface area contributed by atoms with E-state index >= 15 is 0 Å². The van der Waals surface area contributed by atoms with Gasteiger partial charge in [-0.25, -0.2) is 0 Å². The summed E-state index contributed by atoms with van der Waals surface area (Å²) in [7, 11) is 1.78. The first-order chi connectivity index (χ1) is 5.16. The van der Waals surface area contributed by atoms with E-state index in [0.717, 1.165) is 0 Å². The van der Waals surface area contributed by atoms with Crippen LogP contribution in [0.2, 0.25) is 0 Å². The molecule has 0 atom stereocenters. The molecule has 0 aliphatic carbocycles. The molecule has 62 valence electrons. The van der Waals surface area contributed by atoms with Crippen LogP contribution < -0.4 is 5.32 Å². The highest BCUT2D eigenvalue weighted by Gasteiger charge is 1.94. The minimum absolute atomic E-state index is 0.0189.